The number of nitrogens with zero attached hydrogens (tertiary/aromatic N) is 2. The average Bonchev–Trinajstić information content (AvgIpc) is 2.50. The second-order valence-electron chi connectivity index (χ2n) is 4.40. The number of hydrogen-bond donors (Lipinski definition) is 0. The first-order valence-corrected chi connectivity index (χ1v) is 7.02. The first kappa shape index (κ1) is 15.2. The molecular formula is C16H15ClN2O2. The molecule has 5 heteroatoms. The van der Waals surface area contributed by atoms with E-state index in [2.05, 4.69) is 10.1 Å². The lowest BCUT2D eigenvalue weighted by Gasteiger charge is -2.06. The molecule has 1 aromatic heterocycles. The zero-order valence-electron chi connectivity index (χ0n) is 11.6. The van der Waals surface area contributed by atoms with Gasteiger partial charge < -0.3 is 4.84 Å². The standard InChI is InChI=1S/C16H15ClN2O2/c1-2-4-15(20)21-19-16(13-5-3-10-18-11-13)12-6-8-14(17)9-7-12/h3,5-11H,2,4H2,1H3/b19-16+. The fourth-order valence-electron chi connectivity index (χ4n) is 1.73. The van der Waals surface area contributed by atoms with Gasteiger partial charge in [0.05, 0.1) is 0 Å². The van der Waals surface area contributed by atoms with Crippen molar-refractivity contribution in [2.75, 3.05) is 0 Å². The van der Waals surface area contributed by atoms with Gasteiger partial charge in [-0.15, -0.1) is 0 Å². The van der Waals surface area contributed by atoms with Gasteiger partial charge in [0.25, 0.3) is 0 Å². The molecule has 0 bridgehead atoms. The van der Waals surface area contributed by atoms with Gasteiger partial charge >= 0.3 is 5.97 Å². The summed E-state index contributed by atoms with van der Waals surface area (Å²) in [5, 5.41) is 4.63. The number of rotatable bonds is 5. The predicted octanol–water partition coefficient (Wildman–Crippen LogP) is 3.83. The molecule has 0 fully saturated rings. The van der Waals surface area contributed by atoms with Gasteiger partial charge in [-0.25, -0.2) is 4.79 Å². The molecule has 0 atom stereocenters. The first-order valence-electron chi connectivity index (χ1n) is 6.65. The van der Waals surface area contributed by atoms with Crippen LogP contribution in [0.1, 0.15) is 30.9 Å². The lowest BCUT2D eigenvalue weighted by molar-refractivity contribution is -0.143. The highest BCUT2D eigenvalue weighted by Gasteiger charge is 2.10. The summed E-state index contributed by atoms with van der Waals surface area (Å²) in [5.74, 6) is -0.354. The van der Waals surface area contributed by atoms with E-state index in [1.54, 1.807) is 30.6 Å². The highest BCUT2D eigenvalue weighted by atomic mass is 35.5. The molecule has 0 N–H and O–H groups in total. The van der Waals surface area contributed by atoms with Crippen molar-refractivity contribution in [2.45, 2.75) is 19.8 Å². The molecule has 2 aromatic rings. The Morgan fingerprint density at radius 2 is 2.00 bits per heavy atom. The minimum Gasteiger partial charge on any atom is -0.318 e. The Morgan fingerprint density at radius 1 is 1.24 bits per heavy atom. The molecule has 1 aromatic carbocycles. The highest BCUT2D eigenvalue weighted by molar-refractivity contribution is 6.30. The maximum atomic E-state index is 11.5. The van der Waals surface area contributed by atoms with E-state index >= 15 is 0 Å². The van der Waals surface area contributed by atoms with Gasteiger partial charge in [-0.2, -0.15) is 0 Å². The zero-order chi connectivity index (χ0) is 15.1. The molecular weight excluding hydrogens is 288 g/mol. The van der Waals surface area contributed by atoms with Crippen LogP contribution in [0.3, 0.4) is 0 Å². The van der Waals surface area contributed by atoms with Crippen molar-refractivity contribution < 1.29 is 9.63 Å². The number of carbonyl (C=O) groups excluding carboxylic acids is 1. The van der Waals surface area contributed by atoms with E-state index in [1.807, 2.05) is 25.1 Å². The van der Waals surface area contributed by atoms with E-state index in [-0.39, 0.29) is 5.97 Å². The SMILES string of the molecule is CCCC(=O)O/N=C(\c1ccc(Cl)cc1)c1cccnc1. The predicted molar refractivity (Wildman–Crippen MR) is 82.3 cm³/mol. The second kappa shape index (κ2) is 7.55. The molecule has 0 spiro atoms. The Hall–Kier alpha value is -2.20. The van der Waals surface area contributed by atoms with Crippen LogP contribution in [0.2, 0.25) is 5.02 Å². The van der Waals surface area contributed by atoms with Crippen LogP contribution in [-0.2, 0) is 9.63 Å². The van der Waals surface area contributed by atoms with Crippen LogP contribution in [0, 0.1) is 0 Å². The van der Waals surface area contributed by atoms with Crippen molar-refractivity contribution in [3.8, 4) is 0 Å². The van der Waals surface area contributed by atoms with Crippen molar-refractivity contribution in [1.29, 1.82) is 0 Å². The fourth-order valence-corrected chi connectivity index (χ4v) is 1.85. The van der Waals surface area contributed by atoms with E-state index in [9.17, 15) is 4.79 Å². The number of carbonyl (C=O) groups is 1. The van der Waals surface area contributed by atoms with Crippen LogP contribution in [0.15, 0.2) is 53.9 Å². The van der Waals surface area contributed by atoms with Crippen LogP contribution in [-0.4, -0.2) is 16.7 Å². The van der Waals surface area contributed by atoms with Crippen molar-refractivity contribution in [2.24, 2.45) is 5.16 Å². The van der Waals surface area contributed by atoms with Gasteiger partial charge in [0.1, 0.15) is 5.71 Å². The summed E-state index contributed by atoms with van der Waals surface area (Å²) in [6, 6.07) is 10.8. The van der Waals surface area contributed by atoms with Crippen LogP contribution < -0.4 is 0 Å². The third-order valence-electron chi connectivity index (χ3n) is 2.75. The monoisotopic (exact) mass is 302 g/mol. The van der Waals surface area contributed by atoms with Crippen LogP contribution in [0.4, 0.5) is 0 Å². The number of oxime groups is 1. The normalized spacial score (nSPS) is 11.2. The molecule has 4 nitrogen and oxygen atoms in total. The Balaban J connectivity index is 2.33. The molecule has 21 heavy (non-hydrogen) atoms. The molecule has 0 unspecified atom stereocenters. The van der Waals surface area contributed by atoms with Crippen molar-refractivity contribution >= 4 is 23.3 Å². The van der Waals surface area contributed by atoms with Gasteiger partial charge in [-0.1, -0.05) is 35.8 Å². The van der Waals surface area contributed by atoms with E-state index in [0.717, 1.165) is 17.5 Å². The molecule has 0 amide bonds. The molecule has 0 saturated heterocycles. The van der Waals surface area contributed by atoms with Crippen molar-refractivity contribution in [3.05, 3.63) is 64.9 Å². The summed E-state index contributed by atoms with van der Waals surface area (Å²) in [6.45, 7) is 1.91. The van der Waals surface area contributed by atoms with Crippen LogP contribution in [0.25, 0.3) is 0 Å². The molecule has 0 aliphatic carbocycles. The van der Waals surface area contributed by atoms with Crippen molar-refractivity contribution in [3.63, 3.8) is 0 Å². The highest BCUT2D eigenvalue weighted by Crippen LogP contribution is 2.14. The number of hydrogen-bond acceptors (Lipinski definition) is 4. The van der Waals surface area contributed by atoms with Gasteiger partial charge in [0, 0.05) is 35.0 Å². The molecule has 0 radical (unpaired) electrons. The third-order valence-corrected chi connectivity index (χ3v) is 3.00. The topological polar surface area (TPSA) is 51.5 Å². The third kappa shape index (κ3) is 4.39. The molecule has 1 heterocycles. The van der Waals surface area contributed by atoms with Crippen molar-refractivity contribution in [1.82, 2.24) is 4.98 Å². The van der Waals surface area contributed by atoms with Gasteiger partial charge in [-0.3, -0.25) is 4.98 Å². The first-order chi connectivity index (χ1) is 10.2. The van der Waals surface area contributed by atoms with E-state index in [1.165, 1.54) is 0 Å². The summed E-state index contributed by atoms with van der Waals surface area (Å²) < 4.78 is 0. The molecule has 108 valence electrons. The lowest BCUT2D eigenvalue weighted by Crippen LogP contribution is -2.07. The summed E-state index contributed by atoms with van der Waals surface area (Å²) in [7, 11) is 0. The summed E-state index contributed by atoms with van der Waals surface area (Å²) in [4.78, 5) is 20.5. The van der Waals surface area contributed by atoms with Gasteiger partial charge in [0.2, 0.25) is 0 Å². The Morgan fingerprint density at radius 3 is 2.62 bits per heavy atom. The van der Waals surface area contributed by atoms with E-state index in [0.29, 0.717) is 17.2 Å². The fraction of sp³-hybridized carbons (Fsp3) is 0.188. The molecule has 0 aliphatic heterocycles. The van der Waals surface area contributed by atoms with Gasteiger partial charge in [-0.05, 0) is 30.7 Å². The van der Waals surface area contributed by atoms with Gasteiger partial charge in [0.15, 0.2) is 0 Å². The lowest BCUT2D eigenvalue weighted by atomic mass is 10.0. The maximum Gasteiger partial charge on any atom is 0.335 e. The maximum absolute atomic E-state index is 11.5. The average molecular weight is 303 g/mol. The van der Waals surface area contributed by atoms with Crippen LogP contribution in [0.5, 0.6) is 0 Å². The smallest absolute Gasteiger partial charge is 0.318 e. The zero-order valence-corrected chi connectivity index (χ0v) is 12.4. The Kier molecular flexibility index (Phi) is 5.46. The van der Waals surface area contributed by atoms with E-state index in [4.69, 9.17) is 16.4 Å². The number of aromatic nitrogens is 1. The number of halogens is 1. The van der Waals surface area contributed by atoms with E-state index < -0.39 is 0 Å². The second-order valence-corrected chi connectivity index (χ2v) is 4.84. The Bertz CT molecular complexity index is 624. The largest absolute Gasteiger partial charge is 0.335 e. The van der Waals surface area contributed by atoms with Crippen LogP contribution >= 0.6 is 11.6 Å². The minimum absolute atomic E-state index is 0.338. The summed E-state index contributed by atoms with van der Waals surface area (Å²) >= 11 is 5.89. The molecule has 0 saturated carbocycles. The number of benzene rings is 1. The molecule has 0 aliphatic rings. The summed E-state index contributed by atoms with van der Waals surface area (Å²) in [6.07, 6.45) is 4.40. The quantitative estimate of drug-likeness (QED) is 0.479. The number of pyridine rings is 1. The summed E-state index contributed by atoms with van der Waals surface area (Å²) in [5.41, 5.74) is 2.12. The molecule has 2 rings (SSSR count). The Labute approximate surface area is 128 Å². The minimum atomic E-state index is -0.354.